The van der Waals surface area contributed by atoms with Crippen molar-refractivity contribution in [2.45, 2.75) is 30.9 Å². The van der Waals surface area contributed by atoms with E-state index in [4.69, 9.17) is 0 Å². The van der Waals surface area contributed by atoms with Crippen LogP contribution in [0.25, 0.3) is 5.65 Å². The average molecular weight is 305 g/mol. The standard InChI is InChI=1S/C14H15N3OS2/c1-9-5-4-6-17-7-12(16-13(9)17)8-20(18)14-15-10(2)11(3)19-14/h4-7H,8H2,1-3H3. The van der Waals surface area contributed by atoms with Gasteiger partial charge in [-0.05, 0) is 32.4 Å². The van der Waals surface area contributed by atoms with Crippen LogP contribution in [-0.4, -0.2) is 18.6 Å². The number of thiazole rings is 1. The fraction of sp³-hybridized carbons (Fsp3) is 0.286. The summed E-state index contributed by atoms with van der Waals surface area (Å²) < 4.78 is 15.0. The Kier molecular flexibility index (Phi) is 3.43. The van der Waals surface area contributed by atoms with Crippen LogP contribution in [0.4, 0.5) is 0 Å². The fourth-order valence-corrected chi connectivity index (χ4v) is 4.34. The summed E-state index contributed by atoms with van der Waals surface area (Å²) in [7, 11) is -1.13. The van der Waals surface area contributed by atoms with Gasteiger partial charge in [-0.25, -0.2) is 9.97 Å². The molecule has 3 heterocycles. The van der Waals surface area contributed by atoms with Crippen molar-refractivity contribution in [3.8, 4) is 0 Å². The monoisotopic (exact) mass is 305 g/mol. The van der Waals surface area contributed by atoms with Crippen LogP contribution in [-0.2, 0) is 16.6 Å². The lowest BCUT2D eigenvalue weighted by Crippen LogP contribution is -1.96. The zero-order chi connectivity index (χ0) is 14.3. The second kappa shape index (κ2) is 5.10. The van der Waals surface area contributed by atoms with Crippen LogP contribution < -0.4 is 0 Å². The van der Waals surface area contributed by atoms with E-state index in [9.17, 15) is 4.21 Å². The molecule has 0 spiro atoms. The van der Waals surface area contributed by atoms with Gasteiger partial charge in [0.2, 0.25) is 0 Å². The van der Waals surface area contributed by atoms with E-state index in [-0.39, 0.29) is 0 Å². The van der Waals surface area contributed by atoms with E-state index in [2.05, 4.69) is 9.97 Å². The van der Waals surface area contributed by atoms with Gasteiger partial charge in [-0.3, -0.25) is 4.21 Å². The van der Waals surface area contributed by atoms with Gasteiger partial charge in [-0.2, -0.15) is 0 Å². The van der Waals surface area contributed by atoms with Gasteiger partial charge in [-0.15, -0.1) is 11.3 Å². The molecule has 4 nitrogen and oxygen atoms in total. The Morgan fingerprint density at radius 1 is 1.30 bits per heavy atom. The van der Waals surface area contributed by atoms with Crippen molar-refractivity contribution < 1.29 is 4.21 Å². The lowest BCUT2D eigenvalue weighted by atomic mass is 10.3. The molecule has 6 heteroatoms. The molecular formula is C14H15N3OS2. The molecule has 3 aromatic heterocycles. The number of pyridine rings is 1. The molecule has 0 aromatic carbocycles. The Balaban J connectivity index is 1.89. The molecule has 0 aliphatic heterocycles. The number of fused-ring (bicyclic) bond motifs is 1. The summed E-state index contributed by atoms with van der Waals surface area (Å²) in [6, 6.07) is 4.01. The SMILES string of the molecule is Cc1nc(S(=O)Cc2cn3cccc(C)c3n2)sc1C. The summed E-state index contributed by atoms with van der Waals surface area (Å²) in [5.74, 6) is 0.410. The highest BCUT2D eigenvalue weighted by molar-refractivity contribution is 7.86. The number of hydrogen-bond donors (Lipinski definition) is 0. The first kappa shape index (κ1) is 13.5. The van der Waals surface area contributed by atoms with Gasteiger partial charge < -0.3 is 4.40 Å². The molecular weight excluding hydrogens is 290 g/mol. The first-order valence-corrected chi connectivity index (χ1v) is 8.44. The molecule has 0 saturated heterocycles. The number of imidazole rings is 1. The molecule has 3 aromatic rings. The number of hydrogen-bond acceptors (Lipinski definition) is 4. The van der Waals surface area contributed by atoms with Crippen LogP contribution in [0.1, 0.15) is 21.8 Å². The molecule has 0 radical (unpaired) electrons. The Labute approximate surface area is 124 Å². The molecule has 0 aliphatic rings. The van der Waals surface area contributed by atoms with E-state index in [0.717, 1.165) is 27.5 Å². The summed E-state index contributed by atoms with van der Waals surface area (Å²) in [6.45, 7) is 5.97. The second-order valence-electron chi connectivity index (χ2n) is 4.77. The highest BCUT2D eigenvalue weighted by atomic mass is 32.2. The van der Waals surface area contributed by atoms with Crippen LogP contribution in [0.2, 0.25) is 0 Å². The van der Waals surface area contributed by atoms with Crippen molar-refractivity contribution in [2.75, 3.05) is 0 Å². The summed E-state index contributed by atoms with van der Waals surface area (Å²) in [5, 5.41) is 0. The predicted octanol–water partition coefficient (Wildman–Crippen LogP) is 3.02. The third-order valence-corrected chi connectivity index (χ3v) is 5.92. The van der Waals surface area contributed by atoms with E-state index >= 15 is 0 Å². The van der Waals surface area contributed by atoms with Crippen molar-refractivity contribution in [1.29, 1.82) is 0 Å². The lowest BCUT2D eigenvalue weighted by molar-refractivity contribution is 0.681. The Bertz CT molecular complexity index is 784. The van der Waals surface area contributed by atoms with Crippen molar-refractivity contribution in [1.82, 2.24) is 14.4 Å². The molecule has 1 unspecified atom stereocenters. The Morgan fingerprint density at radius 2 is 2.10 bits per heavy atom. The Morgan fingerprint density at radius 3 is 2.75 bits per heavy atom. The maximum Gasteiger partial charge on any atom is 0.181 e. The molecule has 104 valence electrons. The van der Waals surface area contributed by atoms with Crippen molar-refractivity contribution >= 4 is 27.8 Å². The number of nitrogens with zero attached hydrogens (tertiary/aromatic N) is 3. The van der Waals surface area contributed by atoms with Gasteiger partial charge in [0, 0.05) is 17.3 Å². The maximum absolute atomic E-state index is 12.4. The van der Waals surface area contributed by atoms with Crippen molar-refractivity contribution in [3.63, 3.8) is 0 Å². The first-order chi connectivity index (χ1) is 9.54. The molecule has 0 aliphatic carbocycles. The third-order valence-electron chi connectivity index (χ3n) is 3.21. The van der Waals surface area contributed by atoms with Crippen LogP contribution in [0.15, 0.2) is 28.9 Å². The number of aryl methyl sites for hydroxylation is 3. The number of aromatic nitrogens is 3. The number of rotatable bonds is 3. The molecule has 1 atom stereocenters. The van der Waals surface area contributed by atoms with Crippen molar-refractivity contribution in [2.24, 2.45) is 0 Å². The normalized spacial score (nSPS) is 12.9. The van der Waals surface area contributed by atoms with E-state index < -0.39 is 10.8 Å². The largest absolute Gasteiger partial charge is 0.307 e. The minimum Gasteiger partial charge on any atom is -0.307 e. The van der Waals surface area contributed by atoms with E-state index in [0.29, 0.717) is 10.1 Å². The van der Waals surface area contributed by atoms with Gasteiger partial charge in [-0.1, -0.05) is 6.07 Å². The highest BCUT2D eigenvalue weighted by Crippen LogP contribution is 2.22. The van der Waals surface area contributed by atoms with Crippen molar-refractivity contribution in [3.05, 3.63) is 46.4 Å². The van der Waals surface area contributed by atoms with E-state index in [1.165, 1.54) is 11.3 Å². The molecule has 0 fully saturated rings. The van der Waals surface area contributed by atoms with Gasteiger partial charge in [0.25, 0.3) is 0 Å². The van der Waals surface area contributed by atoms with E-state index in [1.54, 1.807) is 0 Å². The smallest absolute Gasteiger partial charge is 0.181 e. The fourth-order valence-electron chi connectivity index (χ4n) is 2.01. The Hall–Kier alpha value is -1.53. The van der Waals surface area contributed by atoms with Crippen LogP contribution in [0, 0.1) is 20.8 Å². The lowest BCUT2D eigenvalue weighted by Gasteiger charge is -1.94. The molecule has 0 saturated carbocycles. The average Bonchev–Trinajstić information content (AvgIpc) is 2.95. The second-order valence-corrected chi connectivity index (χ2v) is 7.59. The van der Waals surface area contributed by atoms with Crippen LogP contribution >= 0.6 is 11.3 Å². The topological polar surface area (TPSA) is 47.3 Å². The quantitative estimate of drug-likeness (QED) is 0.747. The minimum absolute atomic E-state index is 0.410. The van der Waals surface area contributed by atoms with Gasteiger partial charge in [0.1, 0.15) is 5.65 Å². The predicted molar refractivity (Wildman–Crippen MR) is 81.6 cm³/mol. The molecule has 20 heavy (non-hydrogen) atoms. The zero-order valence-corrected chi connectivity index (χ0v) is 13.2. The van der Waals surface area contributed by atoms with Crippen LogP contribution in [0.5, 0.6) is 0 Å². The first-order valence-electron chi connectivity index (χ1n) is 6.30. The van der Waals surface area contributed by atoms with Crippen LogP contribution in [0.3, 0.4) is 0 Å². The molecule has 3 rings (SSSR count). The minimum atomic E-state index is -1.13. The highest BCUT2D eigenvalue weighted by Gasteiger charge is 2.14. The molecule has 0 N–H and O–H groups in total. The summed E-state index contributed by atoms with van der Waals surface area (Å²) in [4.78, 5) is 10.0. The summed E-state index contributed by atoms with van der Waals surface area (Å²) in [5.41, 5.74) is 3.84. The van der Waals surface area contributed by atoms with Gasteiger partial charge in [0.15, 0.2) is 4.34 Å². The summed E-state index contributed by atoms with van der Waals surface area (Å²) in [6.07, 6.45) is 3.90. The zero-order valence-electron chi connectivity index (χ0n) is 11.6. The van der Waals surface area contributed by atoms with E-state index in [1.807, 2.05) is 49.7 Å². The third kappa shape index (κ3) is 2.41. The molecule has 0 amide bonds. The van der Waals surface area contributed by atoms with Gasteiger partial charge in [0.05, 0.1) is 27.9 Å². The van der Waals surface area contributed by atoms with Gasteiger partial charge >= 0.3 is 0 Å². The molecule has 0 bridgehead atoms. The maximum atomic E-state index is 12.4. The summed E-state index contributed by atoms with van der Waals surface area (Å²) >= 11 is 1.51.